The summed E-state index contributed by atoms with van der Waals surface area (Å²) in [6.07, 6.45) is 5.61. The standard InChI is InChI=1S/C23H31N7O2/c1-14(2)26-21(31)19-13-30(22(32)17-11-25-16(4)27-15(17)3)12-18(19)20-7-8-24-23(28-20)29-9-5-6-10-29/h7-8,11,14,18-19H,5-6,9-10,12-13H2,1-4H3,(H,26,31)/t18-,19-/m0/s1. The maximum atomic E-state index is 13.3. The van der Waals surface area contributed by atoms with Gasteiger partial charge in [0.2, 0.25) is 11.9 Å². The van der Waals surface area contributed by atoms with E-state index >= 15 is 0 Å². The van der Waals surface area contributed by atoms with Crippen LogP contribution in [0.5, 0.6) is 0 Å². The highest BCUT2D eigenvalue weighted by Gasteiger charge is 2.42. The average Bonchev–Trinajstić information content (AvgIpc) is 3.43. The van der Waals surface area contributed by atoms with Gasteiger partial charge in [-0.05, 0) is 46.6 Å². The number of hydrogen-bond acceptors (Lipinski definition) is 7. The molecule has 2 aromatic heterocycles. The molecule has 1 N–H and O–H groups in total. The van der Waals surface area contributed by atoms with E-state index in [0.717, 1.165) is 31.6 Å². The first-order valence-corrected chi connectivity index (χ1v) is 11.3. The lowest BCUT2D eigenvalue weighted by atomic mass is 9.91. The minimum Gasteiger partial charge on any atom is -0.354 e. The molecule has 0 bridgehead atoms. The summed E-state index contributed by atoms with van der Waals surface area (Å²) < 4.78 is 0. The van der Waals surface area contributed by atoms with Gasteiger partial charge in [-0.15, -0.1) is 0 Å². The molecule has 2 saturated heterocycles. The number of nitrogens with zero attached hydrogens (tertiary/aromatic N) is 6. The third-order valence-corrected chi connectivity index (χ3v) is 6.14. The van der Waals surface area contributed by atoms with E-state index in [1.54, 1.807) is 24.2 Å². The molecule has 170 valence electrons. The molecule has 0 spiro atoms. The van der Waals surface area contributed by atoms with Crippen LogP contribution in [0.2, 0.25) is 0 Å². The van der Waals surface area contributed by atoms with Gasteiger partial charge in [-0.1, -0.05) is 0 Å². The molecule has 9 nitrogen and oxygen atoms in total. The normalized spacial score (nSPS) is 20.8. The van der Waals surface area contributed by atoms with Crippen LogP contribution in [0.15, 0.2) is 18.5 Å². The van der Waals surface area contributed by atoms with Gasteiger partial charge < -0.3 is 15.1 Å². The third kappa shape index (κ3) is 4.56. The monoisotopic (exact) mass is 437 g/mol. The van der Waals surface area contributed by atoms with E-state index in [2.05, 4.69) is 25.2 Å². The number of anilines is 1. The summed E-state index contributed by atoms with van der Waals surface area (Å²) in [5, 5.41) is 3.02. The summed E-state index contributed by atoms with van der Waals surface area (Å²) in [5.41, 5.74) is 1.92. The number of rotatable bonds is 5. The predicted octanol–water partition coefficient (Wildman–Crippen LogP) is 1.86. The number of likely N-dealkylation sites (tertiary alicyclic amines) is 1. The quantitative estimate of drug-likeness (QED) is 0.761. The van der Waals surface area contributed by atoms with Crippen LogP contribution in [0.3, 0.4) is 0 Å². The Labute approximate surface area is 188 Å². The van der Waals surface area contributed by atoms with E-state index < -0.39 is 0 Å². The first kappa shape index (κ1) is 22.1. The lowest BCUT2D eigenvalue weighted by Gasteiger charge is -2.21. The molecule has 0 aliphatic carbocycles. The van der Waals surface area contributed by atoms with E-state index in [1.807, 2.05) is 26.8 Å². The van der Waals surface area contributed by atoms with Crippen molar-refractivity contribution in [1.29, 1.82) is 0 Å². The highest BCUT2D eigenvalue weighted by molar-refractivity contribution is 5.96. The van der Waals surface area contributed by atoms with Crippen LogP contribution in [0.4, 0.5) is 5.95 Å². The van der Waals surface area contributed by atoms with Crippen LogP contribution < -0.4 is 10.2 Å². The molecule has 2 aromatic rings. The van der Waals surface area contributed by atoms with Gasteiger partial charge in [-0.3, -0.25) is 9.59 Å². The topological polar surface area (TPSA) is 104 Å². The summed E-state index contributed by atoms with van der Waals surface area (Å²) in [6.45, 7) is 10.1. The molecule has 0 unspecified atom stereocenters. The Morgan fingerprint density at radius 2 is 1.84 bits per heavy atom. The molecule has 2 atom stereocenters. The number of carbonyl (C=O) groups excluding carboxylic acids is 2. The van der Waals surface area contributed by atoms with Crippen molar-refractivity contribution >= 4 is 17.8 Å². The van der Waals surface area contributed by atoms with Crippen molar-refractivity contribution in [2.24, 2.45) is 5.92 Å². The fourth-order valence-electron chi connectivity index (χ4n) is 4.53. The average molecular weight is 438 g/mol. The van der Waals surface area contributed by atoms with Crippen LogP contribution in [0.25, 0.3) is 0 Å². The lowest BCUT2D eigenvalue weighted by Crippen LogP contribution is -2.39. The molecule has 0 radical (unpaired) electrons. The zero-order chi connectivity index (χ0) is 22.8. The van der Waals surface area contributed by atoms with Crippen molar-refractivity contribution in [1.82, 2.24) is 30.2 Å². The highest BCUT2D eigenvalue weighted by Crippen LogP contribution is 2.34. The number of amides is 2. The summed E-state index contributed by atoms with van der Waals surface area (Å²) in [4.78, 5) is 48.1. The molecule has 4 rings (SSSR count). The fourth-order valence-corrected chi connectivity index (χ4v) is 4.53. The van der Waals surface area contributed by atoms with Crippen LogP contribution in [-0.4, -0.2) is 68.9 Å². The molecular formula is C23H31N7O2. The van der Waals surface area contributed by atoms with Gasteiger partial charge in [0.05, 0.1) is 22.9 Å². The molecule has 0 aromatic carbocycles. The van der Waals surface area contributed by atoms with Gasteiger partial charge in [0.25, 0.3) is 5.91 Å². The third-order valence-electron chi connectivity index (χ3n) is 6.14. The summed E-state index contributed by atoms with van der Waals surface area (Å²) >= 11 is 0. The maximum Gasteiger partial charge on any atom is 0.257 e. The molecule has 2 aliphatic rings. The van der Waals surface area contributed by atoms with E-state index in [-0.39, 0.29) is 29.7 Å². The van der Waals surface area contributed by atoms with Gasteiger partial charge in [0.15, 0.2) is 0 Å². The summed E-state index contributed by atoms with van der Waals surface area (Å²) in [5.74, 6) is 0.543. The fraction of sp³-hybridized carbons (Fsp3) is 0.565. The number of aromatic nitrogens is 4. The van der Waals surface area contributed by atoms with E-state index in [4.69, 9.17) is 4.98 Å². The second-order valence-corrected chi connectivity index (χ2v) is 8.98. The molecule has 9 heteroatoms. The smallest absolute Gasteiger partial charge is 0.257 e. The zero-order valence-corrected chi connectivity index (χ0v) is 19.2. The van der Waals surface area contributed by atoms with Crippen molar-refractivity contribution in [2.75, 3.05) is 31.1 Å². The molecule has 2 fully saturated rings. The first-order chi connectivity index (χ1) is 15.3. The van der Waals surface area contributed by atoms with Crippen LogP contribution in [0.1, 0.15) is 60.2 Å². The first-order valence-electron chi connectivity index (χ1n) is 11.3. The van der Waals surface area contributed by atoms with Gasteiger partial charge >= 0.3 is 0 Å². The summed E-state index contributed by atoms with van der Waals surface area (Å²) in [7, 11) is 0. The molecule has 4 heterocycles. The predicted molar refractivity (Wildman–Crippen MR) is 120 cm³/mol. The van der Waals surface area contributed by atoms with Crippen LogP contribution in [0, 0.1) is 19.8 Å². The Bertz CT molecular complexity index is 1000. The minimum absolute atomic E-state index is 0.0196. The van der Waals surface area contributed by atoms with Crippen LogP contribution in [-0.2, 0) is 4.79 Å². The highest BCUT2D eigenvalue weighted by atomic mass is 16.2. The Morgan fingerprint density at radius 3 is 2.53 bits per heavy atom. The summed E-state index contributed by atoms with van der Waals surface area (Å²) in [6, 6.07) is 1.89. The van der Waals surface area contributed by atoms with E-state index in [0.29, 0.717) is 36.1 Å². The van der Waals surface area contributed by atoms with E-state index in [1.165, 1.54) is 0 Å². The number of aryl methyl sites for hydroxylation is 2. The van der Waals surface area contributed by atoms with Crippen molar-refractivity contribution in [3.05, 3.63) is 41.2 Å². The lowest BCUT2D eigenvalue weighted by molar-refractivity contribution is -0.125. The zero-order valence-electron chi connectivity index (χ0n) is 19.2. The maximum absolute atomic E-state index is 13.3. The Kier molecular flexibility index (Phi) is 6.34. The molecule has 2 aliphatic heterocycles. The Hall–Kier alpha value is -3.10. The molecular weight excluding hydrogens is 406 g/mol. The molecule has 32 heavy (non-hydrogen) atoms. The SMILES string of the molecule is Cc1ncc(C(=O)N2C[C@H](C(=O)NC(C)C)[C@@H](c3ccnc(N4CCCC4)n3)C2)c(C)n1. The minimum atomic E-state index is -0.380. The molecule has 2 amide bonds. The Balaban J connectivity index is 1.62. The van der Waals surface area contributed by atoms with Gasteiger partial charge in [0, 0.05) is 50.5 Å². The van der Waals surface area contributed by atoms with Crippen molar-refractivity contribution in [3.8, 4) is 0 Å². The van der Waals surface area contributed by atoms with E-state index in [9.17, 15) is 9.59 Å². The van der Waals surface area contributed by atoms with Gasteiger partial charge in [-0.25, -0.2) is 19.9 Å². The molecule has 0 saturated carbocycles. The largest absolute Gasteiger partial charge is 0.354 e. The second-order valence-electron chi connectivity index (χ2n) is 8.98. The van der Waals surface area contributed by atoms with Crippen molar-refractivity contribution < 1.29 is 9.59 Å². The van der Waals surface area contributed by atoms with Crippen LogP contribution >= 0.6 is 0 Å². The Morgan fingerprint density at radius 1 is 1.09 bits per heavy atom. The van der Waals surface area contributed by atoms with Crippen molar-refractivity contribution in [2.45, 2.75) is 52.5 Å². The number of carbonyl (C=O) groups is 2. The number of hydrogen-bond donors (Lipinski definition) is 1. The number of nitrogens with one attached hydrogen (secondary N) is 1. The second kappa shape index (κ2) is 9.18. The van der Waals surface area contributed by atoms with Crippen molar-refractivity contribution in [3.63, 3.8) is 0 Å². The van der Waals surface area contributed by atoms with Gasteiger partial charge in [-0.2, -0.15) is 0 Å². The van der Waals surface area contributed by atoms with Gasteiger partial charge in [0.1, 0.15) is 5.82 Å².